The van der Waals surface area contributed by atoms with Crippen LogP contribution in [0.4, 0.5) is 0 Å². The molecule has 1 aromatic rings. The first-order valence-electron chi connectivity index (χ1n) is 4.11. The van der Waals surface area contributed by atoms with Gasteiger partial charge >= 0.3 is 0 Å². The second kappa shape index (κ2) is 5.64. The maximum Gasteiger partial charge on any atom is 0.0682 e. The summed E-state index contributed by atoms with van der Waals surface area (Å²) in [6.45, 7) is 0.0605. The largest absolute Gasteiger partial charge is 0.392 e. The molecule has 0 amide bonds. The standard InChI is InChI=1S/C11H11ClO/c12-7-2-1-4-10-5-3-6-11(8-10)9-13/h3,5-6,8,13H,2,7,9H2. The van der Waals surface area contributed by atoms with E-state index in [4.69, 9.17) is 16.7 Å². The Morgan fingerprint density at radius 3 is 2.92 bits per heavy atom. The van der Waals surface area contributed by atoms with E-state index in [1.165, 1.54) is 0 Å². The Bertz CT molecular complexity index is 322. The van der Waals surface area contributed by atoms with Crippen LogP contribution in [0.15, 0.2) is 24.3 Å². The molecule has 0 aliphatic rings. The average Bonchev–Trinajstić information content (AvgIpc) is 2.19. The van der Waals surface area contributed by atoms with Crippen LogP contribution in [0.1, 0.15) is 17.5 Å². The second-order valence-corrected chi connectivity index (χ2v) is 2.98. The molecule has 1 rings (SSSR count). The van der Waals surface area contributed by atoms with Crippen LogP contribution in [0.2, 0.25) is 0 Å². The number of rotatable bonds is 2. The first-order valence-corrected chi connectivity index (χ1v) is 4.65. The molecule has 0 unspecified atom stereocenters. The Morgan fingerprint density at radius 1 is 1.38 bits per heavy atom. The summed E-state index contributed by atoms with van der Waals surface area (Å²) in [5, 5.41) is 8.86. The first-order chi connectivity index (χ1) is 6.36. The third-order valence-corrected chi connectivity index (χ3v) is 1.75. The van der Waals surface area contributed by atoms with Gasteiger partial charge in [0.1, 0.15) is 0 Å². The lowest BCUT2D eigenvalue weighted by Crippen LogP contribution is -1.83. The van der Waals surface area contributed by atoms with E-state index in [0.29, 0.717) is 12.3 Å². The third kappa shape index (κ3) is 3.50. The zero-order valence-electron chi connectivity index (χ0n) is 7.26. The summed E-state index contributed by atoms with van der Waals surface area (Å²) >= 11 is 5.48. The number of alkyl halides is 1. The molecule has 0 aromatic heterocycles. The van der Waals surface area contributed by atoms with Gasteiger partial charge in [-0.2, -0.15) is 0 Å². The third-order valence-electron chi connectivity index (χ3n) is 1.56. The van der Waals surface area contributed by atoms with Crippen molar-refractivity contribution in [1.82, 2.24) is 0 Å². The van der Waals surface area contributed by atoms with E-state index in [-0.39, 0.29) is 6.61 Å². The van der Waals surface area contributed by atoms with Crippen molar-refractivity contribution in [3.05, 3.63) is 35.4 Å². The van der Waals surface area contributed by atoms with Gasteiger partial charge in [0.05, 0.1) is 6.61 Å². The fourth-order valence-corrected chi connectivity index (χ4v) is 1.05. The zero-order chi connectivity index (χ0) is 9.52. The zero-order valence-corrected chi connectivity index (χ0v) is 8.01. The normalized spacial score (nSPS) is 9.08. The van der Waals surface area contributed by atoms with Crippen LogP contribution in [0.3, 0.4) is 0 Å². The van der Waals surface area contributed by atoms with Crippen LogP contribution < -0.4 is 0 Å². The topological polar surface area (TPSA) is 20.2 Å². The van der Waals surface area contributed by atoms with Gasteiger partial charge in [0.2, 0.25) is 0 Å². The first kappa shape index (κ1) is 10.1. The van der Waals surface area contributed by atoms with E-state index in [9.17, 15) is 0 Å². The van der Waals surface area contributed by atoms with Gasteiger partial charge in [-0.1, -0.05) is 24.0 Å². The average molecular weight is 195 g/mol. The molecule has 0 heterocycles. The molecule has 0 spiro atoms. The van der Waals surface area contributed by atoms with Crippen molar-refractivity contribution in [2.75, 3.05) is 5.88 Å². The monoisotopic (exact) mass is 194 g/mol. The predicted molar refractivity (Wildman–Crippen MR) is 54.6 cm³/mol. The molecule has 1 aromatic carbocycles. The van der Waals surface area contributed by atoms with Gasteiger partial charge in [0, 0.05) is 17.9 Å². The Labute approximate surface area is 83.4 Å². The summed E-state index contributed by atoms with van der Waals surface area (Å²) in [7, 11) is 0. The number of aliphatic hydroxyl groups is 1. The number of hydrogen-bond donors (Lipinski definition) is 1. The van der Waals surface area contributed by atoms with Gasteiger partial charge in [-0.15, -0.1) is 11.6 Å². The number of aliphatic hydroxyl groups excluding tert-OH is 1. The minimum absolute atomic E-state index is 0.0605. The second-order valence-electron chi connectivity index (χ2n) is 2.60. The maximum atomic E-state index is 8.86. The van der Waals surface area contributed by atoms with Crippen LogP contribution in [0.25, 0.3) is 0 Å². The maximum absolute atomic E-state index is 8.86. The summed E-state index contributed by atoms with van der Waals surface area (Å²) in [6.07, 6.45) is 0.699. The van der Waals surface area contributed by atoms with E-state index in [2.05, 4.69) is 11.8 Å². The molecule has 1 nitrogen and oxygen atoms in total. The molecule has 68 valence electrons. The molecule has 0 atom stereocenters. The van der Waals surface area contributed by atoms with Gasteiger partial charge in [-0.25, -0.2) is 0 Å². The van der Waals surface area contributed by atoms with Crippen molar-refractivity contribution in [3.63, 3.8) is 0 Å². The molecular weight excluding hydrogens is 184 g/mol. The molecule has 1 N–H and O–H groups in total. The van der Waals surface area contributed by atoms with Crippen molar-refractivity contribution in [2.45, 2.75) is 13.0 Å². The van der Waals surface area contributed by atoms with Crippen molar-refractivity contribution < 1.29 is 5.11 Å². The Kier molecular flexibility index (Phi) is 4.39. The van der Waals surface area contributed by atoms with Crippen LogP contribution in [0, 0.1) is 11.8 Å². The summed E-state index contributed by atoms with van der Waals surface area (Å²) in [4.78, 5) is 0. The Morgan fingerprint density at radius 2 is 2.23 bits per heavy atom. The predicted octanol–water partition coefficient (Wildman–Crippen LogP) is 2.16. The highest BCUT2D eigenvalue weighted by atomic mass is 35.5. The minimum atomic E-state index is 0.0605. The SMILES string of the molecule is OCc1cccc(C#CCCCl)c1. The van der Waals surface area contributed by atoms with Gasteiger partial charge in [0.15, 0.2) is 0 Å². The Hall–Kier alpha value is -0.970. The van der Waals surface area contributed by atoms with E-state index in [1.54, 1.807) is 0 Å². The lowest BCUT2D eigenvalue weighted by molar-refractivity contribution is 0.282. The molecule has 0 aliphatic heterocycles. The van der Waals surface area contributed by atoms with Crippen LogP contribution in [0.5, 0.6) is 0 Å². The van der Waals surface area contributed by atoms with Crippen LogP contribution in [-0.2, 0) is 6.61 Å². The highest BCUT2D eigenvalue weighted by molar-refractivity contribution is 6.18. The molecule has 0 fully saturated rings. The van der Waals surface area contributed by atoms with E-state index in [1.807, 2.05) is 24.3 Å². The lowest BCUT2D eigenvalue weighted by atomic mass is 10.1. The number of benzene rings is 1. The van der Waals surface area contributed by atoms with Gasteiger partial charge in [0.25, 0.3) is 0 Å². The molecule has 0 saturated carbocycles. The molecular formula is C11H11ClO. The van der Waals surface area contributed by atoms with E-state index < -0.39 is 0 Å². The minimum Gasteiger partial charge on any atom is -0.392 e. The molecule has 13 heavy (non-hydrogen) atoms. The van der Waals surface area contributed by atoms with Crippen molar-refractivity contribution in [1.29, 1.82) is 0 Å². The fraction of sp³-hybridized carbons (Fsp3) is 0.273. The lowest BCUT2D eigenvalue weighted by Gasteiger charge is -1.95. The van der Waals surface area contributed by atoms with Gasteiger partial charge in [-0.3, -0.25) is 0 Å². The van der Waals surface area contributed by atoms with Crippen LogP contribution in [-0.4, -0.2) is 11.0 Å². The molecule has 0 bridgehead atoms. The number of hydrogen-bond acceptors (Lipinski definition) is 1. The van der Waals surface area contributed by atoms with Crippen molar-refractivity contribution in [3.8, 4) is 11.8 Å². The van der Waals surface area contributed by atoms with Crippen LogP contribution >= 0.6 is 11.6 Å². The molecule has 0 aliphatic carbocycles. The summed E-state index contributed by atoms with van der Waals surface area (Å²) in [5.41, 5.74) is 1.81. The highest BCUT2D eigenvalue weighted by Crippen LogP contribution is 2.03. The van der Waals surface area contributed by atoms with E-state index >= 15 is 0 Å². The van der Waals surface area contributed by atoms with Crippen molar-refractivity contribution in [2.24, 2.45) is 0 Å². The Balaban J connectivity index is 2.73. The molecule has 2 heteroatoms. The summed E-state index contributed by atoms with van der Waals surface area (Å²) in [6, 6.07) is 7.55. The van der Waals surface area contributed by atoms with E-state index in [0.717, 1.165) is 11.1 Å². The molecule has 0 saturated heterocycles. The summed E-state index contributed by atoms with van der Waals surface area (Å²) < 4.78 is 0. The smallest absolute Gasteiger partial charge is 0.0682 e. The van der Waals surface area contributed by atoms with Crippen molar-refractivity contribution >= 4 is 11.6 Å². The fourth-order valence-electron chi connectivity index (χ4n) is 0.959. The number of halogens is 1. The van der Waals surface area contributed by atoms with Gasteiger partial charge in [-0.05, 0) is 17.7 Å². The quantitative estimate of drug-likeness (QED) is 0.565. The van der Waals surface area contributed by atoms with Gasteiger partial charge < -0.3 is 5.11 Å². The molecule has 0 radical (unpaired) electrons. The highest BCUT2D eigenvalue weighted by Gasteiger charge is 1.90. The summed E-state index contributed by atoms with van der Waals surface area (Å²) in [5.74, 6) is 6.48.